The number of pyridine rings is 1. The fourth-order valence-electron chi connectivity index (χ4n) is 2.11. The van der Waals surface area contributed by atoms with Crippen molar-refractivity contribution >= 4 is 5.97 Å². The van der Waals surface area contributed by atoms with Crippen LogP contribution in [0.3, 0.4) is 0 Å². The maximum absolute atomic E-state index is 11.7. The van der Waals surface area contributed by atoms with Gasteiger partial charge in [0.05, 0.1) is 12.2 Å². The second-order valence-corrected chi connectivity index (χ2v) is 4.33. The van der Waals surface area contributed by atoms with Gasteiger partial charge in [0.2, 0.25) is 0 Å². The van der Waals surface area contributed by atoms with Crippen LogP contribution in [0.5, 0.6) is 0 Å². The summed E-state index contributed by atoms with van der Waals surface area (Å²) >= 11 is 0. The van der Waals surface area contributed by atoms with E-state index in [1.54, 1.807) is 0 Å². The standard InChI is InChI=1S/C12H15NO4/c1-8(10-4-5-17-7-10)13-6-9(12(15)16)2-3-11(13)14/h2-3,6,8,10H,4-5,7H2,1H3,(H,15,16). The van der Waals surface area contributed by atoms with Crippen molar-refractivity contribution in [2.45, 2.75) is 19.4 Å². The number of nitrogens with zero attached hydrogens (tertiary/aromatic N) is 1. The van der Waals surface area contributed by atoms with Gasteiger partial charge in [0.25, 0.3) is 5.56 Å². The predicted octanol–water partition coefficient (Wildman–Crippen LogP) is 1.14. The van der Waals surface area contributed by atoms with Crippen LogP contribution in [0.25, 0.3) is 0 Å². The zero-order chi connectivity index (χ0) is 12.4. The molecular formula is C12H15NO4. The summed E-state index contributed by atoms with van der Waals surface area (Å²) in [6.45, 7) is 3.26. The molecule has 2 heterocycles. The average molecular weight is 237 g/mol. The molecule has 1 fully saturated rings. The van der Waals surface area contributed by atoms with Gasteiger partial charge in [-0.3, -0.25) is 4.79 Å². The number of carbonyl (C=O) groups is 1. The summed E-state index contributed by atoms with van der Waals surface area (Å²) in [5.74, 6) is -0.745. The van der Waals surface area contributed by atoms with Gasteiger partial charge in [-0.25, -0.2) is 4.79 Å². The van der Waals surface area contributed by atoms with Gasteiger partial charge < -0.3 is 14.4 Å². The van der Waals surface area contributed by atoms with Crippen molar-refractivity contribution in [1.29, 1.82) is 0 Å². The van der Waals surface area contributed by atoms with Gasteiger partial charge in [-0.05, 0) is 19.4 Å². The lowest BCUT2D eigenvalue weighted by Gasteiger charge is -2.20. The zero-order valence-corrected chi connectivity index (χ0v) is 9.63. The number of hydrogen-bond donors (Lipinski definition) is 1. The van der Waals surface area contributed by atoms with Crippen LogP contribution < -0.4 is 5.56 Å². The molecule has 0 bridgehead atoms. The van der Waals surface area contributed by atoms with Crippen LogP contribution in [0.2, 0.25) is 0 Å². The first kappa shape index (κ1) is 11.9. The smallest absolute Gasteiger partial charge is 0.337 e. The first-order valence-electron chi connectivity index (χ1n) is 5.63. The van der Waals surface area contributed by atoms with Gasteiger partial charge in [0.1, 0.15) is 0 Å². The Kier molecular flexibility index (Phi) is 3.28. The van der Waals surface area contributed by atoms with Gasteiger partial charge in [-0.2, -0.15) is 0 Å². The third-order valence-corrected chi connectivity index (χ3v) is 3.27. The molecule has 1 aromatic heterocycles. The molecular weight excluding hydrogens is 222 g/mol. The summed E-state index contributed by atoms with van der Waals surface area (Å²) in [4.78, 5) is 22.6. The molecule has 0 saturated carbocycles. The maximum Gasteiger partial charge on any atom is 0.337 e. The second kappa shape index (κ2) is 4.71. The van der Waals surface area contributed by atoms with Crippen LogP contribution in [-0.2, 0) is 4.74 Å². The molecule has 92 valence electrons. The predicted molar refractivity (Wildman–Crippen MR) is 61.3 cm³/mol. The molecule has 2 unspecified atom stereocenters. The van der Waals surface area contributed by atoms with Crippen LogP contribution in [-0.4, -0.2) is 28.9 Å². The Bertz CT molecular complexity index is 474. The Morgan fingerprint density at radius 1 is 1.59 bits per heavy atom. The summed E-state index contributed by atoms with van der Waals surface area (Å²) in [5, 5.41) is 8.91. The first-order chi connectivity index (χ1) is 8.09. The largest absolute Gasteiger partial charge is 0.478 e. The SMILES string of the molecule is CC(C1CCOC1)n1cc(C(=O)O)ccc1=O. The van der Waals surface area contributed by atoms with E-state index in [2.05, 4.69) is 0 Å². The highest BCUT2D eigenvalue weighted by atomic mass is 16.5. The van der Waals surface area contributed by atoms with Gasteiger partial charge in [0, 0.05) is 30.8 Å². The third kappa shape index (κ3) is 2.39. The minimum atomic E-state index is -1.02. The van der Waals surface area contributed by atoms with E-state index in [0.717, 1.165) is 6.42 Å². The van der Waals surface area contributed by atoms with Crippen LogP contribution >= 0.6 is 0 Å². The van der Waals surface area contributed by atoms with E-state index < -0.39 is 5.97 Å². The molecule has 5 nitrogen and oxygen atoms in total. The normalized spacial score (nSPS) is 21.4. The van der Waals surface area contributed by atoms with E-state index in [9.17, 15) is 9.59 Å². The molecule has 0 spiro atoms. The van der Waals surface area contributed by atoms with E-state index in [1.807, 2.05) is 6.92 Å². The molecule has 5 heteroatoms. The number of hydrogen-bond acceptors (Lipinski definition) is 3. The van der Waals surface area contributed by atoms with E-state index in [4.69, 9.17) is 9.84 Å². The molecule has 0 aromatic carbocycles. The van der Waals surface area contributed by atoms with Gasteiger partial charge in [-0.15, -0.1) is 0 Å². The summed E-state index contributed by atoms with van der Waals surface area (Å²) in [7, 11) is 0. The highest BCUT2D eigenvalue weighted by molar-refractivity contribution is 5.87. The van der Waals surface area contributed by atoms with E-state index >= 15 is 0 Å². The summed E-state index contributed by atoms with van der Waals surface area (Å²) in [5.41, 5.74) is -0.0373. The Morgan fingerprint density at radius 3 is 2.94 bits per heavy atom. The molecule has 1 aliphatic rings. The molecule has 1 saturated heterocycles. The molecule has 2 atom stereocenters. The highest BCUT2D eigenvalue weighted by Gasteiger charge is 2.24. The third-order valence-electron chi connectivity index (χ3n) is 3.27. The van der Waals surface area contributed by atoms with Crippen LogP contribution in [0.4, 0.5) is 0 Å². The number of carboxylic acids is 1. The minimum absolute atomic E-state index is 0.0377. The molecule has 1 aliphatic heterocycles. The Morgan fingerprint density at radius 2 is 2.35 bits per heavy atom. The van der Waals surface area contributed by atoms with E-state index in [1.165, 1.54) is 22.9 Å². The monoisotopic (exact) mass is 237 g/mol. The Balaban J connectivity index is 2.32. The molecule has 17 heavy (non-hydrogen) atoms. The lowest BCUT2D eigenvalue weighted by molar-refractivity contribution is 0.0695. The zero-order valence-electron chi connectivity index (χ0n) is 9.63. The minimum Gasteiger partial charge on any atom is -0.478 e. The van der Waals surface area contributed by atoms with Crippen LogP contribution in [0.1, 0.15) is 29.7 Å². The summed E-state index contributed by atoms with van der Waals surface area (Å²) in [6, 6.07) is 2.60. The van der Waals surface area contributed by atoms with E-state index in [-0.39, 0.29) is 23.1 Å². The molecule has 2 rings (SSSR count). The van der Waals surface area contributed by atoms with Crippen molar-refractivity contribution in [1.82, 2.24) is 4.57 Å². The number of rotatable bonds is 3. The highest BCUT2D eigenvalue weighted by Crippen LogP contribution is 2.24. The quantitative estimate of drug-likeness (QED) is 0.856. The van der Waals surface area contributed by atoms with Gasteiger partial charge in [-0.1, -0.05) is 0 Å². The first-order valence-corrected chi connectivity index (χ1v) is 5.63. The number of aromatic carboxylic acids is 1. The van der Waals surface area contributed by atoms with Gasteiger partial charge >= 0.3 is 5.97 Å². The Hall–Kier alpha value is -1.62. The Labute approximate surface area is 98.6 Å². The van der Waals surface area contributed by atoms with Crippen molar-refractivity contribution in [3.05, 3.63) is 34.2 Å². The fourth-order valence-corrected chi connectivity index (χ4v) is 2.11. The fraction of sp³-hybridized carbons (Fsp3) is 0.500. The van der Waals surface area contributed by atoms with Gasteiger partial charge in [0.15, 0.2) is 0 Å². The summed E-state index contributed by atoms with van der Waals surface area (Å²) < 4.78 is 6.77. The second-order valence-electron chi connectivity index (χ2n) is 4.33. The summed E-state index contributed by atoms with van der Waals surface area (Å²) in [6.07, 6.45) is 2.32. The number of carboxylic acid groups (broad SMARTS) is 1. The topological polar surface area (TPSA) is 68.5 Å². The maximum atomic E-state index is 11.7. The molecule has 1 aromatic rings. The lowest BCUT2D eigenvalue weighted by Crippen LogP contribution is -2.28. The number of ether oxygens (including phenoxy) is 1. The van der Waals surface area contributed by atoms with Crippen molar-refractivity contribution in [3.63, 3.8) is 0 Å². The average Bonchev–Trinajstić information content (AvgIpc) is 2.81. The molecule has 0 radical (unpaired) electrons. The molecule has 0 aliphatic carbocycles. The van der Waals surface area contributed by atoms with E-state index in [0.29, 0.717) is 13.2 Å². The molecule has 0 amide bonds. The number of aromatic nitrogens is 1. The van der Waals surface area contributed by atoms with Crippen LogP contribution in [0, 0.1) is 5.92 Å². The van der Waals surface area contributed by atoms with Crippen molar-refractivity contribution < 1.29 is 14.6 Å². The van der Waals surface area contributed by atoms with Crippen molar-refractivity contribution in [2.75, 3.05) is 13.2 Å². The molecule has 1 N–H and O–H groups in total. The van der Waals surface area contributed by atoms with Crippen molar-refractivity contribution in [2.24, 2.45) is 5.92 Å². The lowest BCUT2D eigenvalue weighted by atomic mass is 10.0. The van der Waals surface area contributed by atoms with Crippen LogP contribution in [0.15, 0.2) is 23.1 Å². The van der Waals surface area contributed by atoms with Crippen molar-refractivity contribution in [3.8, 4) is 0 Å².